The lowest BCUT2D eigenvalue weighted by atomic mass is 10.1. The first kappa shape index (κ1) is 22.3. The Hall–Kier alpha value is -2.38. The van der Waals surface area contributed by atoms with E-state index in [1.54, 1.807) is 16.2 Å². The second-order valence-electron chi connectivity index (χ2n) is 7.84. The van der Waals surface area contributed by atoms with Crippen LogP contribution in [0.1, 0.15) is 34.7 Å². The van der Waals surface area contributed by atoms with Crippen molar-refractivity contribution in [3.63, 3.8) is 0 Å². The van der Waals surface area contributed by atoms with E-state index in [-0.39, 0.29) is 17.6 Å². The Balaban J connectivity index is 1.73. The van der Waals surface area contributed by atoms with Crippen molar-refractivity contribution >= 4 is 51.8 Å². The number of carbonyl (C=O) groups is 2. The summed E-state index contributed by atoms with van der Waals surface area (Å²) in [7, 11) is 0. The molecule has 0 saturated heterocycles. The van der Waals surface area contributed by atoms with E-state index in [9.17, 15) is 9.59 Å². The molecule has 2 aromatic rings. The van der Waals surface area contributed by atoms with Gasteiger partial charge in [0.25, 0.3) is 5.91 Å². The lowest BCUT2D eigenvalue weighted by Gasteiger charge is -2.19. The van der Waals surface area contributed by atoms with E-state index >= 15 is 0 Å². The number of anilines is 1. The van der Waals surface area contributed by atoms with Crippen LogP contribution in [0.15, 0.2) is 41.0 Å². The van der Waals surface area contributed by atoms with Crippen LogP contribution in [0.5, 0.6) is 0 Å². The Morgan fingerprint density at radius 2 is 2.00 bits per heavy atom. The molecular formula is C23H27N3O2S2. The number of aryl methyl sites for hydroxylation is 3. The zero-order chi connectivity index (χ0) is 21.8. The molecule has 0 unspecified atom stereocenters. The average Bonchev–Trinajstić information content (AvgIpc) is 3.21. The summed E-state index contributed by atoms with van der Waals surface area (Å²) >= 11 is 2.93. The van der Waals surface area contributed by atoms with Crippen LogP contribution in [-0.2, 0) is 9.59 Å². The molecule has 0 saturated carbocycles. The van der Waals surface area contributed by atoms with Crippen molar-refractivity contribution in [3.8, 4) is 0 Å². The van der Waals surface area contributed by atoms with E-state index in [1.165, 1.54) is 16.6 Å². The lowest BCUT2D eigenvalue weighted by molar-refractivity contribution is -0.122. The van der Waals surface area contributed by atoms with Gasteiger partial charge < -0.3 is 5.32 Å². The van der Waals surface area contributed by atoms with Crippen LogP contribution in [-0.4, -0.2) is 34.2 Å². The van der Waals surface area contributed by atoms with Crippen molar-refractivity contribution in [1.82, 2.24) is 4.90 Å². The quantitative estimate of drug-likeness (QED) is 0.624. The maximum absolute atomic E-state index is 12.9. The Kier molecular flexibility index (Phi) is 7.15. The number of nitrogens with one attached hydrogen (secondary N) is 1. The highest BCUT2D eigenvalue weighted by atomic mass is 32.2. The van der Waals surface area contributed by atoms with Gasteiger partial charge in [-0.3, -0.25) is 14.5 Å². The number of amidine groups is 1. The highest BCUT2D eigenvalue weighted by Crippen LogP contribution is 2.27. The molecule has 0 bridgehead atoms. The molecule has 158 valence electrons. The average molecular weight is 442 g/mol. The third-order valence-corrected chi connectivity index (χ3v) is 6.42. The van der Waals surface area contributed by atoms with Crippen LogP contribution >= 0.6 is 23.1 Å². The monoisotopic (exact) mass is 441 g/mol. The molecule has 0 atom stereocenters. The first-order chi connectivity index (χ1) is 14.2. The van der Waals surface area contributed by atoms with Gasteiger partial charge in [0.05, 0.1) is 5.75 Å². The van der Waals surface area contributed by atoms with E-state index in [4.69, 9.17) is 0 Å². The summed E-state index contributed by atoms with van der Waals surface area (Å²) in [6.07, 6.45) is 1.83. The summed E-state index contributed by atoms with van der Waals surface area (Å²) in [6, 6.07) is 9.99. The number of benzene rings is 1. The fourth-order valence-corrected chi connectivity index (χ4v) is 4.64. The first-order valence-corrected chi connectivity index (χ1v) is 11.7. The summed E-state index contributed by atoms with van der Waals surface area (Å²) in [5.74, 6) is 0.276. The van der Waals surface area contributed by atoms with Gasteiger partial charge in [0.15, 0.2) is 5.17 Å². The highest BCUT2D eigenvalue weighted by Gasteiger charge is 2.31. The first-order valence-electron chi connectivity index (χ1n) is 9.91. The van der Waals surface area contributed by atoms with Gasteiger partial charge in [-0.05, 0) is 62.1 Å². The predicted molar refractivity (Wildman–Crippen MR) is 128 cm³/mol. The van der Waals surface area contributed by atoms with Gasteiger partial charge >= 0.3 is 0 Å². The molecule has 2 amide bonds. The topological polar surface area (TPSA) is 61.8 Å². The normalized spacial score (nSPS) is 15.3. The van der Waals surface area contributed by atoms with Gasteiger partial charge in [0, 0.05) is 22.0 Å². The molecule has 1 aliphatic rings. The number of aliphatic imine (C=N–C) groups is 1. The van der Waals surface area contributed by atoms with Crippen LogP contribution in [0.3, 0.4) is 0 Å². The van der Waals surface area contributed by atoms with Crippen molar-refractivity contribution < 1.29 is 9.59 Å². The van der Waals surface area contributed by atoms with Crippen LogP contribution in [0.2, 0.25) is 0 Å². The number of carbonyl (C=O) groups excluding carboxylic acids is 2. The molecular weight excluding hydrogens is 414 g/mol. The van der Waals surface area contributed by atoms with Gasteiger partial charge in [0.1, 0.15) is 5.70 Å². The Morgan fingerprint density at radius 3 is 2.67 bits per heavy atom. The van der Waals surface area contributed by atoms with Gasteiger partial charge in [-0.15, -0.1) is 11.3 Å². The zero-order valence-electron chi connectivity index (χ0n) is 18.0. The number of thiophene rings is 1. The highest BCUT2D eigenvalue weighted by molar-refractivity contribution is 8.14. The minimum atomic E-state index is -0.111. The standard InChI is InChI=1S/C23H27N3O2S2/c1-14(2)12-26-22(28)20(11-18-9-8-17(5)30-18)25-23(26)29-13-21(27)24-19-10-15(3)6-7-16(19)4/h6-11,14H,12-13H2,1-5H3,(H,24,27)/b20-11+. The predicted octanol–water partition coefficient (Wildman–Crippen LogP) is 5.24. The molecule has 7 heteroatoms. The largest absolute Gasteiger partial charge is 0.325 e. The van der Waals surface area contributed by atoms with E-state index < -0.39 is 0 Å². The molecule has 0 aliphatic carbocycles. The van der Waals surface area contributed by atoms with Crippen LogP contribution in [0, 0.1) is 26.7 Å². The molecule has 5 nitrogen and oxygen atoms in total. The van der Waals surface area contributed by atoms with Gasteiger partial charge in [-0.25, -0.2) is 4.99 Å². The fourth-order valence-electron chi connectivity index (χ4n) is 3.02. The molecule has 30 heavy (non-hydrogen) atoms. The van der Waals surface area contributed by atoms with E-state index in [2.05, 4.69) is 24.2 Å². The molecule has 2 heterocycles. The minimum Gasteiger partial charge on any atom is -0.325 e. The second-order valence-corrected chi connectivity index (χ2v) is 10.1. The third kappa shape index (κ3) is 5.61. The maximum Gasteiger partial charge on any atom is 0.278 e. The maximum atomic E-state index is 12.9. The van der Waals surface area contributed by atoms with Crippen molar-refractivity contribution in [2.24, 2.45) is 10.9 Å². The van der Waals surface area contributed by atoms with E-state index in [1.807, 2.05) is 57.2 Å². The molecule has 1 N–H and O–H groups in total. The number of hydrogen-bond acceptors (Lipinski definition) is 5. The Labute approximate surface area is 186 Å². The number of amides is 2. The van der Waals surface area contributed by atoms with Gasteiger partial charge in [-0.2, -0.15) is 0 Å². The molecule has 0 radical (unpaired) electrons. The SMILES string of the molecule is Cc1ccc(C)c(NC(=O)CSC2=N/C(=C/c3ccc(C)s3)C(=O)N2CC(C)C)c1. The van der Waals surface area contributed by atoms with E-state index in [0.717, 1.165) is 21.7 Å². The molecule has 0 spiro atoms. The van der Waals surface area contributed by atoms with Gasteiger partial charge in [-0.1, -0.05) is 37.7 Å². The third-order valence-electron chi connectivity index (χ3n) is 4.50. The number of nitrogens with zero attached hydrogens (tertiary/aromatic N) is 2. The number of hydrogen-bond donors (Lipinski definition) is 1. The molecule has 1 aliphatic heterocycles. The zero-order valence-corrected chi connectivity index (χ0v) is 19.6. The summed E-state index contributed by atoms with van der Waals surface area (Å²) < 4.78 is 0. The Bertz CT molecular complexity index is 1020. The van der Waals surface area contributed by atoms with Crippen molar-refractivity contribution in [2.45, 2.75) is 34.6 Å². The lowest BCUT2D eigenvalue weighted by Crippen LogP contribution is -2.34. The summed E-state index contributed by atoms with van der Waals surface area (Å²) in [5.41, 5.74) is 3.36. The van der Waals surface area contributed by atoms with Crippen LogP contribution in [0.4, 0.5) is 5.69 Å². The molecule has 3 rings (SSSR count). The van der Waals surface area contributed by atoms with Crippen LogP contribution in [0.25, 0.3) is 6.08 Å². The van der Waals surface area contributed by atoms with Crippen LogP contribution < -0.4 is 5.32 Å². The summed E-state index contributed by atoms with van der Waals surface area (Å²) in [5, 5.41) is 3.55. The van der Waals surface area contributed by atoms with Crippen molar-refractivity contribution in [1.29, 1.82) is 0 Å². The second kappa shape index (κ2) is 9.62. The summed E-state index contributed by atoms with van der Waals surface area (Å²) in [4.78, 5) is 33.9. The smallest absolute Gasteiger partial charge is 0.278 e. The summed E-state index contributed by atoms with van der Waals surface area (Å²) in [6.45, 7) is 10.7. The van der Waals surface area contributed by atoms with Gasteiger partial charge in [0.2, 0.25) is 5.91 Å². The number of rotatable bonds is 6. The Morgan fingerprint density at radius 1 is 1.23 bits per heavy atom. The molecule has 0 fully saturated rings. The fraction of sp³-hybridized carbons (Fsp3) is 0.348. The van der Waals surface area contributed by atoms with Crippen molar-refractivity contribution in [2.75, 3.05) is 17.6 Å². The van der Waals surface area contributed by atoms with E-state index in [0.29, 0.717) is 23.3 Å². The number of thioether (sulfide) groups is 1. The van der Waals surface area contributed by atoms with Crippen molar-refractivity contribution in [3.05, 3.63) is 56.9 Å². The molecule has 1 aromatic heterocycles. The minimum absolute atomic E-state index is 0.104. The molecule has 1 aromatic carbocycles.